The molecule has 0 aromatic heterocycles. The van der Waals surface area contributed by atoms with Crippen molar-refractivity contribution in [3.05, 3.63) is 71.8 Å². The van der Waals surface area contributed by atoms with Gasteiger partial charge in [-0.3, -0.25) is 8.98 Å². The van der Waals surface area contributed by atoms with Crippen LogP contribution in [-0.4, -0.2) is 69.0 Å². The summed E-state index contributed by atoms with van der Waals surface area (Å²) in [7, 11) is -4.27. The molecule has 3 aliphatic carbocycles. The van der Waals surface area contributed by atoms with Crippen molar-refractivity contribution < 1.29 is 45.9 Å². The Morgan fingerprint density at radius 1 is 0.905 bits per heavy atom. The molecule has 0 spiro atoms. The van der Waals surface area contributed by atoms with E-state index in [2.05, 4.69) is 0 Å². The molecule has 8 rings (SSSR count). The van der Waals surface area contributed by atoms with Gasteiger partial charge in [0, 0.05) is 6.42 Å². The fraction of sp³-hybridized carbons (Fsp3) is 0.548. The number of Topliss-reactive ketones (excluding diaryl/α,β-unsaturated/α-hetero) is 1. The molecule has 3 aliphatic heterocycles. The average Bonchev–Trinajstić information content (AvgIpc) is 3.31. The summed E-state index contributed by atoms with van der Waals surface area (Å²) in [6.07, 6.45) is -3.99. The molecule has 9 atom stereocenters. The molecule has 2 aromatic carbocycles. The first-order valence-electron chi connectivity index (χ1n) is 14.4. The predicted octanol–water partition coefficient (Wildman–Crippen LogP) is 3.39. The van der Waals surface area contributed by atoms with Crippen LogP contribution in [0, 0.1) is 16.7 Å². The van der Waals surface area contributed by atoms with Gasteiger partial charge in [-0.2, -0.15) is 8.42 Å². The fourth-order valence-electron chi connectivity index (χ4n) is 7.65. The zero-order valence-electron chi connectivity index (χ0n) is 23.4. The van der Waals surface area contributed by atoms with Crippen molar-refractivity contribution in [2.24, 2.45) is 16.7 Å². The second-order valence-corrected chi connectivity index (χ2v) is 14.1. The molecule has 11 heteroatoms. The quantitative estimate of drug-likeness (QED) is 0.313. The minimum absolute atomic E-state index is 0.0272. The van der Waals surface area contributed by atoms with Crippen LogP contribution in [0.3, 0.4) is 0 Å². The fourth-order valence-corrected chi connectivity index (χ4v) is 9.55. The lowest BCUT2D eigenvalue weighted by Crippen LogP contribution is -2.76. The Balaban J connectivity index is 1.18. The lowest BCUT2D eigenvalue weighted by atomic mass is 9.70. The predicted molar refractivity (Wildman–Crippen MR) is 146 cm³/mol. The largest absolute Gasteiger partial charge is 0.453 e. The van der Waals surface area contributed by atoms with Gasteiger partial charge in [0.2, 0.25) is 0 Å². The third-order valence-electron chi connectivity index (χ3n) is 10.1. The van der Waals surface area contributed by atoms with Crippen LogP contribution in [0.4, 0.5) is 0 Å². The normalized spacial score (nSPS) is 37.7. The SMILES string of the molecule is CC1(C)[C@@H]2CC[C@@]1(CS(=O)(=O)O[C@H]1[C@@H]3O[C@H]4O[C@@H]([C@H]3OCc3ccccc3)[C@H](OC(=O)c3ccccc3)[C@@H]1O4)C(=O)C2. The van der Waals surface area contributed by atoms with E-state index in [-0.39, 0.29) is 18.3 Å². The molecule has 3 saturated heterocycles. The number of carbonyl (C=O) groups is 2. The van der Waals surface area contributed by atoms with Gasteiger partial charge in [0.15, 0.2) is 6.10 Å². The number of hydrogen-bond donors (Lipinski definition) is 0. The van der Waals surface area contributed by atoms with Gasteiger partial charge in [-0.25, -0.2) is 4.79 Å². The number of ether oxygens (including phenoxy) is 5. The minimum atomic E-state index is -4.27. The summed E-state index contributed by atoms with van der Waals surface area (Å²) in [6, 6.07) is 18.0. The number of benzene rings is 2. The van der Waals surface area contributed by atoms with E-state index in [4.69, 9.17) is 27.9 Å². The highest BCUT2D eigenvalue weighted by Gasteiger charge is 2.68. The van der Waals surface area contributed by atoms with Crippen LogP contribution in [0.1, 0.15) is 49.0 Å². The molecule has 2 aromatic rings. The summed E-state index contributed by atoms with van der Waals surface area (Å²) in [6.45, 7) is 3.06. The summed E-state index contributed by atoms with van der Waals surface area (Å²) < 4.78 is 63.4. The molecule has 0 radical (unpaired) electrons. The van der Waals surface area contributed by atoms with Gasteiger partial charge in [-0.05, 0) is 41.9 Å². The minimum Gasteiger partial charge on any atom is -0.453 e. The van der Waals surface area contributed by atoms with Crippen LogP contribution >= 0.6 is 0 Å². The van der Waals surface area contributed by atoms with Gasteiger partial charge in [0.1, 0.15) is 36.3 Å². The van der Waals surface area contributed by atoms with Crippen LogP contribution in [-0.2, 0) is 49.4 Å². The summed E-state index contributed by atoms with van der Waals surface area (Å²) in [5, 5.41) is 0. The number of fused-ring (bicyclic) bond motifs is 2. The number of hydrogen-bond acceptors (Lipinski definition) is 10. The highest BCUT2D eigenvalue weighted by Crippen LogP contribution is 2.64. The van der Waals surface area contributed by atoms with Crippen LogP contribution in [0.2, 0.25) is 0 Å². The van der Waals surface area contributed by atoms with E-state index in [9.17, 15) is 18.0 Å². The Hall–Kier alpha value is -2.67. The molecule has 224 valence electrons. The van der Waals surface area contributed by atoms with Crippen molar-refractivity contribution >= 4 is 21.9 Å². The zero-order valence-corrected chi connectivity index (χ0v) is 24.2. The van der Waals surface area contributed by atoms with E-state index < -0.39 is 75.8 Å². The lowest BCUT2D eigenvalue weighted by Gasteiger charge is -2.57. The topological polar surface area (TPSA) is 124 Å². The summed E-state index contributed by atoms with van der Waals surface area (Å²) in [5.41, 5.74) is -0.246. The molecule has 6 bridgehead atoms. The first kappa shape index (κ1) is 28.1. The molecule has 0 unspecified atom stereocenters. The monoisotopic (exact) mass is 598 g/mol. The maximum Gasteiger partial charge on any atom is 0.338 e. The Morgan fingerprint density at radius 3 is 2.14 bits per heavy atom. The van der Waals surface area contributed by atoms with Crippen molar-refractivity contribution in [1.82, 2.24) is 0 Å². The highest BCUT2D eigenvalue weighted by atomic mass is 32.2. The van der Waals surface area contributed by atoms with E-state index in [1.54, 1.807) is 30.3 Å². The molecule has 3 heterocycles. The third-order valence-corrected chi connectivity index (χ3v) is 11.5. The Morgan fingerprint density at radius 2 is 1.52 bits per heavy atom. The second kappa shape index (κ2) is 10.2. The van der Waals surface area contributed by atoms with E-state index in [0.29, 0.717) is 18.4 Å². The Labute approximate surface area is 244 Å². The highest BCUT2D eigenvalue weighted by molar-refractivity contribution is 7.86. The van der Waals surface area contributed by atoms with E-state index in [0.717, 1.165) is 12.0 Å². The Kier molecular flexibility index (Phi) is 6.84. The summed E-state index contributed by atoms with van der Waals surface area (Å²) in [5.74, 6) is -0.909. The molecule has 3 saturated carbocycles. The number of esters is 1. The van der Waals surface area contributed by atoms with Crippen molar-refractivity contribution in [3.8, 4) is 0 Å². The smallest absolute Gasteiger partial charge is 0.338 e. The number of ketones is 1. The first-order chi connectivity index (χ1) is 20.1. The maximum atomic E-state index is 13.8. The Bertz CT molecular complexity index is 1460. The van der Waals surface area contributed by atoms with Crippen LogP contribution in [0.5, 0.6) is 0 Å². The third kappa shape index (κ3) is 4.53. The first-order valence-corrected chi connectivity index (χ1v) is 16.0. The van der Waals surface area contributed by atoms with Gasteiger partial charge in [0.05, 0.1) is 23.3 Å². The molecule has 0 amide bonds. The van der Waals surface area contributed by atoms with Gasteiger partial charge in [0.25, 0.3) is 16.6 Å². The molecular weight excluding hydrogens is 564 g/mol. The van der Waals surface area contributed by atoms with Crippen LogP contribution in [0.15, 0.2) is 60.7 Å². The molecule has 6 aliphatic rings. The molecular formula is C31H34O10S. The molecule has 6 fully saturated rings. The summed E-state index contributed by atoms with van der Waals surface area (Å²) >= 11 is 0. The molecule has 0 N–H and O–H groups in total. The van der Waals surface area contributed by atoms with Crippen LogP contribution in [0.25, 0.3) is 0 Å². The van der Waals surface area contributed by atoms with Crippen molar-refractivity contribution in [3.63, 3.8) is 0 Å². The van der Waals surface area contributed by atoms with Gasteiger partial charge < -0.3 is 23.7 Å². The van der Waals surface area contributed by atoms with Crippen molar-refractivity contribution in [1.29, 1.82) is 0 Å². The molecule has 10 nitrogen and oxygen atoms in total. The van der Waals surface area contributed by atoms with Crippen LogP contribution < -0.4 is 0 Å². The average molecular weight is 599 g/mol. The zero-order chi connectivity index (χ0) is 29.3. The molecule has 42 heavy (non-hydrogen) atoms. The van der Waals surface area contributed by atoms with E-state index >= 15 is 0 Å². The van der Waals surface area contributed by atoms with Gasteiger partial charge in [-0.15, -0.1) is 0 Å². The van der Waals surface area contributed by atoms with Gasteiger partial charge in [-0.1, -0.05) is 62.4 Å². The lowest BCUT2D eigenvalue weighted by molar-refractivity contribution is -0.480. The number of carbonyl (C=O) groups excluding carboxylic acids is 2. The van der Waals surface area contributed by atoms with E-state index in [1.807, 2.05) is 44.2 Å². The van der Waals surface area contributed by atoms with E-state index in [1.165, 1.54) is 0 Å². The maximum absolute atomic E-state index is 13.8. The van der Waals surface area contributed by atoms with Crippen molar-refractivity contribution in [2.45, 2.75) is 82.8 Å². The standard InChI is InChI=1S/C31H34O10S/c1-30(2)20-13-14-31(30,21(32)15-20)17-42(34,35)41-27-24-22(36-16-18-9-5-3-6-10-18)23-25(26(27)40-29(38-23)39-24)37-28(33)19-11-7-4-8-12-19/h3-12,20,22-27,29H,13-17H2,1-2H3/t20-,22-,23+,24-,25+,26+,27+,29-,31-/m1/s1. The van der Waals surface area contributed by atoms with Gasteiger partial charge >= 0.3 is 5.97 Å². The summed E-state index contributed by atoms with van der Waals surface area (Å²) in [4.78, 5) is 26.2. The second-order valence-electron chi connectivity index (χ2n) is 12.5. The number of rotatable bonds is 9. The van der Waals surface area contributed by atoms with Crippen molar-refractivity contribution in [2.75, 3.05) is 5.75 Å².